The predicted octanol–water partition coefficient (Wildman–Crippen LogP) is 4.08. The van der Waals surface area contributed by atoms with Gasteiger partial charge in [-0.2, -0.15) is 0 Å². The summed E-state index contributed by atoms with van der Waals surface area (Å²) in [5, 5.41) is 6.48. The van der Waals surface area contributed by atoms with Gasteiger partial charge in [0.25, 0.3) is 5.91 Å². The van der Waals surface area contributed by atoms with E-state index in [0.29, 0.717) is 24.1 Å². The number of piperidine rings is 1. The van der Waals surface area contributed by atoms with Crippen LogP contribution < -0.4 is 10.6 Å². The number of nitrogens with one attached hydrogen (secondary N) is 2. The summed E-state index contributed by atoms with van der Waals surface area (Å²) in [6.45, 7) is 11.7. The Morgan fingerprint density at radius 3 is 2.84 bits per heavy atom. The van der Waals surface area contributed by atoms with Crippen LogP contribution in [0.2, 0.25) is 0 Å². The van der Waals surface area contributed by atoms with E-state index < -0.39 is 0 Å². The molecule has 0 bridgehead atoms. The molecule has 1 amide bonds. The number of rotatable bonds is 7. The molecule has 32 heavy (non-hydrogen) atoms. The van der Waals surface area contributed by atoms with Gasteiger partial charge in [-0.15, -0.1) is 24.0 Å². The van der Waals surface area contributed by atoms with Crippen LogP contribution in [0.25, 0.3) is 0 Å². The normalized spacial score (nSPS) is 19.8. The second-order valence-corrected chi connectivity index (χ2v) is 8.44. The van der Waals surface area contributed by atoms with Crippen molar-refractivity contribution < 1.29 is 4.79 Å². The van der Waals surface area contributed by atoms with Gasteiger partial charge in [0.2, 0.25) is 0 Å². The summed E-state index contributed by atoms with van der Waals surface area (Å²) in [7, 11) is 0. The number of benzene rings is 1. The quantitative estimate of drug-likeness (QED) is 0.309. The zero-order chi connectivity index (χ0) is 22.2. The molecule has 8 heteroatoms. The fraction of sp³-hybridized carbons (Fsp3) is 0.542. The Kier molecular flexibility index (Phi) is 10.5. The van der Waals surface area contributed by atoms with E-state index in [1.165, 1.54) is 0 Å². The first-order valence-electron chi connectivity index (χ1n) is 11.4. The minimum atomic E-state index is -0.0275. The molecule has 2 N–H and O–H groups in total. The van der Waals surface area contributed by atoms with E-state index >= 15 is 0 Å². The van der Waals surface area contributed by atoms with E-state index in [2.05, 4.69) is 45.9 Å². The first-order chi connectivity index (χ1) is 15.0. The number of aliphatic imine (C=N–C) groups is 1. The maximum atomic E-state index is 12.5. The second-order valence-electron chi connectivity index (χ2n) is 8.44. The van der Waals surface area contributed by atoms with Crippen LogP contribution in [-0.4, -0.2) is 52.0 Å². The number of carbonyl (C=O) groups is 1. The molecule has 1 aliphatic rings. The van der Waals surface area contributed by atoms with Gasteiger partial charge in [-0.25, -0.2) is 9.98 Å². The standard InChI is InChI=1S/C24H36N6O.HI/c1-5-19(4)28-23(31)21-9-7-8-20(14-21)15-27-24(26-6-2)29-12-10-18(3)22(16-29)30-13-11-25-17-30;/h7-9,11,13-14,17-19,22H,5-6,10,12,15-16H2,1-4H3,(H,26,27)(H,28,31);1H. The summed E-state index contributed by atoms with van der Waals surface area (Å²) in [4.78, 5) is 23.9. The maximum Gasteiger partial charge on any atom is 0.251 e. The third kappa shape index (κ3) is 6.95. The number of guanidine groups is 1. The van der Waals surface area contributed by atoms with Gasteiger partial charge in [0, 0.05) is 43.6 Å². The molecule has 2 aromatic rings. The van der Waals surface area contributed by atoms with Gasteiger partial charge in [0.1, 0.15) is 0 Å². The topological polar surface area (TPSA) is 74.6 Å². The van der Waals surface area contributed by atoms with Crippen LogP contribution >= 0.6 is 24.0 Å². The smallest absolute Gasteiger partial charge is 0.251 e. The molecule has 7 nitrogen and oxygen atoms in total. The fourth-order valence-corrected chi connectivity index (χ4v) is 3.91. The molecule has 1 aliphatic heterocycles. The average Bonchev–Trinajstić information content (AvgIpc) is 3.32. The molecule has 0 radical (unpaired) electrons. The summed E-state index contributed by atoms with van der Waals surface area (Å²) in [5.74, 6) is 1.49. The molecule has 1 fully saturated rings. The summed E-state index contributed by atoms with van der Waals surface area (Å²) in [5.41, 5.74) is 1.72. The Labute approximate surface area is 209 Å². The molecular formula is C24H37IN6O. The number of nitrogens with zero attached hydrogens (tertiary/aromatic N) is 4. The highest BCUT2D eigenvalue weighted by Crippen LogP contribution is 2.27. The van der Waals surface area contributed by atoms with Gasteiger partial charge < -0.3 is 20.1 Å². The van der Waals surface area contributed by atoms with Crippen molar-refractivity contribution in [1.29, 1.82) is 0 Å². The van der Waals surface area contributed by atoms with E-state index in [-0.39, 0.29) is 35.9 Å². The number of imidazole rings is 1. The molecule has 0 spiro atoms. The van der Waals surface area contributed by atoms with Crippen molar-refractivity contribution in [3.63, 3.8) is 0 Å². The first kappa shape index (κ1) is 26.2. The van der Waals surface area contributed by atoms with Crippen LogP contribution in [0, 0.1) is 5.92 Å². The van der Waals surface area contributed by atoms with Gasteiger partial charge >= 0.3 is 0 Å². The van der Waals surface area contributed by atoms with E-state index in [9.17, 15) is 4.79 Å². The zero-order valence-electron chi connectivity index (χ0n) is 19.6. The van der Waals surface area contributed by atoms with Gasteiger partial charge in [0.15, 0.2) is 5.96 Å². The van der Waals surface area contributed by atoms with Gasteiger partial charge in [-0.1, -0.05) is 26.0 Å². The van der Waals surface area contributed by atoms with Crippen LogP contribution in [0.15, 0.2) is 48.0 Å². The van der Waals surface area contributed by atoms with Crippen LogP contribution in [0.4, 0.5) is 0 Å². The molecule has 1 saturated heterocycles. The number of likely N-dealkylation sites (tertiary alicyclic amines) is 1. The van der Waals surface area contributed by atoms with Crippen molar-refractivity contribution in [2.45, 2.75) is 59.2 Å². The Hall–Kier alpha value is -2.10. The lowest BCUT2D eigenvalue weighted by atomic mass is 9.93. The van der Waals surface area contributed by atoms with Crippen LogP contribution in [0.3, 0.4) is 0 Å². The Bertz CT molecular complexity index is 869. The third-order valence-corrected chi connectivity index (χ3v) is 6.05. The zero-order valence-corrected chi connectivity index (χ0v) is 22.0. The number of carbonyl (C=O) groups excluding carboxylic acids is 1. The van der Waals surface area contributed by atoms with Crippen molar-refractivity contribution in [1.82, 2.24) is 25.1 Å². The van der Waals surface area contributed by atoms with Crippen molar-refractivity contribution in [3.05, 3.63) is 54.1 Å². The predicted molar refractivity (Wildman–Crippen MR) is 141 cm³/mol. The minimum absolute atomic E-state index is 0. The van der Waals surface area contributed by atoms with Gasteiger partial charge in [0.05, 0.1) is 18.9 Å². The van der Waals surface area contributed by atoms with Crippen LogP contribution in [-0.2, 0) is 6.54 Å². The fourth-order valence-electron chi connectivity index (χ4n) is 3.91. The minimum Gasteiger partial charge on any atom is -0.357 e. The highest BCUT2D eigenvalue weighted by molar-refractivity contribution is 14.0. The molecule has 3 rings (SSSR count). The first-order valence-corrected chi connectivity index (χ1v) is 11.4. The van der Waals surface area contributed by atoms with Crippen LogP contribution in [0.5, 0.6) is 0 Å². The largest absolute Gasteiger partial charge is 0.357 e. The summed E-state index contributed by atoms with van der Waals surface area (Å²) >= 11 is 0. The van der Waals surface area contributed by atoms with Crippen molar-refractivity contribution >= 4 is 35.8 Å². The molecule has 1 aromatic heterocycles. The second kappa shape index (κ2) is 12.8. The monoisotopic (exact) mass is 552 g/mol. The Morgan fingerprint density at radius 2 is 2.16 bits per heavy atom. The number of halogens is 1. The molecular weight excluding hydrogens is 515 g/mol. The van der Waals surface area contributed by atoms with Crippen LogP contribution in [0.1, 0.15) is 62.5 Å². The summed E-state index contributed by atoms with van der Waals surface area (Å²) < 4.78 is 2.21. The number of amides is 1. The molecule has 0 aliphatic carbocycles. The lowest BCUT2D eigenvalue weighted by Gasteiger charge is -2.39. The van der Waals surface area contributed by atoms with Crippen molar-refractivity contribution in [2.24, 2.45) is 10.9 Å². The van der Waals surface area contributed by atoms with E-state index in [1.54, 1.807) is 0 Å². The van der Waals surface area contributed by atoms with Crippen molar-refractivity contribution in [2.75, 3.05) is 19.6 Å². The summed E-state index contributed by atoms with van der Waals surface area (Å²) in [6.07, 6.45) is 7.82. The Balaban J connectivity index is 0.00000363. The van der Waals surface area contributed by atoms with E-state index in [1.807, 2.05) is 49.9 Å². The van der Waals surface area contributed by atoms with Gasteiger partial charge in [-0.05, 0) is 50.3 Å². The lowest BCUT2D eigenvalue weighted by Crippen LogP contribution is -2.49. The van der Waals surface area contributed by atoms with E-state index in [0.717, 1.165) is 44.0 Å². The van der Waals surface area contributed by atoms with Crippen molar-refractivity contribution in [3.8, 4) is 0 Å². The summed E-state index contributed by atoms with van der Waals surface area (Å²) in [6, 6.07) is 8.31. The average molecular weight is 553 g/mol. The number of hydrogen-bond donors (Lipinski definition) is 2. The molecule has 3 atom stereocenters. The number of hydrogen-bond acceptors (Lipinski definition) is 3. The molecule has 176 valence electrons. The van der Waals surface area contributed by atoms with Gasteiger partial charge in [-0.3, -0.25) is 4.79 Å². The molecule has 2 heterocycles. The third-order valence-electron chi connectivity index (χ3n) is 6.05. The Morgan fingerprint density at radius 1 is 1.34 bits per heavy atom. The lowest BCUT2D eigenvalue weighted by molar-refractivity contribution is 0.0939. The number of aromatic nitrogens is 2. The highest BCUT2D eigenvalue weighted by atomic mass is 127. The molecule has 0 saturated carbocycles. The highest BCUT2D eigenvalue weighted by Gasteiger charge is 2.28. The molecule has 3 unspecified atom stereocenters. The van der Waals surface area contributed by atoms with E-state index in [4.69, 9.17) is 4.99 Å². The SMILES string of the molecule is CCNC(=NCc1cccc(C(=O)NC(C)CC)c1)N1CCC(C)C(n2ccnc2)C1.I. The molecule has 1 aromatic carbocycles. The maximum absolute atomic E-state index is 12.5.